The fourth-order valence-electron chi connectivity index (χ4n) is 1.57. The molecule has 0 aliphatic heterocycles. The first-order valence-corrected chi connectivity index (χ1v) is 7.27. The van der Waals surface area contributed by atoms with Gasteiger partial charge in [-0.25, -0.2) is 4.79 Å². The van der Waals surface area contributed by atoms with E-state index in [0.717, 1.165) is 0 Å². The smallest absolute Gasteiger partial charge is 0.326 e. The summed E-state index contributed by atoms with van der Waals surface area (Å²) in [5, 5.41) is 33.0. The highest BCUT2D eigenvalue weighted by Gasteiger charge is 2.26. The zero-order valence-electron chi connectivity index (χ0n) is 13.5. The molecule has 12 heteroatoms. The standard InChI is InChI=1S/C13H22N4O8/c1-6(14)11(22)15-4-9(19)16-8(5-18)12(23)17-7(13(24)25)2-3-10(20)21/h6-8,18H,2-5,14H2,1H3,(H,15,22)(H,16,19)(H,17,23)(H,20,21)(H,24,25). The van der Waals surface area contributed by atoms with E-state index in [9.17, 15) is 24.0 Å². The SMILES string of the molecule is CC(N)C(=O)NCC(=O)NC(CO)C(=O)NC(CCC(=O)O)C(=O)O. The number of aliphatic hydroxyl groups excluding tert-OH is 1. The number of amides is 3. The first-order valence-electron chi connectivity index (χ1n) is 7.27. The Morgan fingerprint density at radius 3 is 2.04 bits per heavy atom. The lowest BCUT2D eigenvalue weighted by Gasteiger charge is -2.20. The highest BCUT2D eigenvalue weighted by atomic mass is 16.4. The summed E-state index contributed by atoms with van der Waals surface area (Å²) in [5.41, 5.74) is 5.29. The maximum absolute atomic E-state index is 11.9. The van der Waals surface area contributed by atoms with E-state index in [1.807, 2.05) is 5.32 Å². The van der Waals surface area contributed by atoms with Crippen LogP contribution in [0.5, 0.6) is 0 Å². The number of carbonyl (C=O) groups excluding carboxylic acids is 3. The van der Waals surface area contributed by atoms with Gasteiger partial charge in [0, 0.05) is 6.42 Å². The third-order valence-corrected chi connectivity index (χ3v) is 2.93. The van der Waals surface area contributed by atoms with Crippen molar-refractivity contribution < 1.29 is 39.3 Å². The summed E-state index contributed by atoms with van der Waals surface area (Å²) in [6.07, 6.45) is -0.857. The largest absolute Gasteiger partial charge is 0.481 e. The Hall–Kier alpha value is -2.73. The van der Waals surface area contributed by atoms with Crippen LogP contribution in [0.4, 0.5) is 0 Å². The molecular weight excluding hydrogens is 340 g/mol. The van der Waals surface area contributed by atoms with Gasteiger partial charge in [-0.05, 0) is 13.3 Å². The number of carboxylic acid groups (broad SMARTS) is 2. The van der Waals surface area contributed by atoms with Gasteiger partial charge in [0.2, 0.25) is 17.7 Å². The molecule has 3 unspecified atom stereocenters. The molecule has 0 saturated carbocycles. The van der Waals surface area contributed by atoms with Gasteiger partial charge in [-0.15, -0.1) is 0 Å². The van der Waals surface area contributed by atoms with E-state index < -0.39 is 67.4 Å². The molecule has 12 nitrogen and oxygen atoms in total. The van der Waals surface area contributed by atoms with Gasteiger partial charge >= 0.3 is 11.9 Å². The Morgan fingerprint density at radius 1 is 1.00 bits per heavy atom. The predicted molar refractivity (Wildman–Crippen MR) is 82.1 cm³/mol. The highest BCUT2D eigenvalue weighted by molar-refractivity contribution is 5.92. The first kappa shape index (κ1) is 22.3. The molecule has 0 saturated heterocycles. The third kappa shape index (κ3) is 9.22. The summed E-state index contributed by atoms with van der Waals surface area (Å²) in [6.45, 7) is 0.0794. The molecule has 0 fully saturated rings. The molecule has 0 aromatic carbocycles. The number of nitrogens with one attached hydrogen (secondary N) is 3. The molecule has 0 radical (unpaired) electrons. The Bertz CT molecular complexity index is 522. The second kappa shape index (κ2) is 10.9. The molecule has 3 amide bonds. The minimum absolute atomic E-state index is 0.368. The summed E-state index contributed by atoms with van der Waals surface area (Å²) < 4.78 is 0. The van der Waals surface area contributed by atoms with Gasteiger partial charge < -0.3 is 37.0 Å². The average molecular weight is 362 g/mol. The zero-order chi connectivity index (χ0) is 19.6. The van der Waals surface area contributed by atoms with Gasteiger partial charge in [-0.2, -0.15) is 0 Å². The lowest BCUT2D eigenvalue weighted by Crippen LogP contribution is -2.55. The van der Waals surface area contributed by atoms with Crippen LogP contribution in [0.1, 0.15) is 19.8 Å². The van der Waals surface area contributed by atoms with Crippen molar-refractivity contribution in [1.82, 2.24) is 16.0 Å². The van der Waals surface area contributed by atoms with E-state index in [-0.39, 0.29) is 6.42 Å². The van der Waals surface area contributed by atoms with Crippen LogP contribution in [0.25, 0.3) is 0 Å². The quantitative estimate of drug-likeness (QED) is 0.193. The fourth-order valence-corrected chi connectivity index (χ4v) is 1.57. The van der Waals surface area contributed by atoms with Crippen molar-refractivity contribution in [3.8, 4) is 0 Å². The molecule has 0 aliphatic carbocycles. The normalized spacial score (nSPS) is 13.9. The molecule has 0 aromatic heterocycles. The summed E-state index contributed by atoms with van der Waals surface area (Å²) in [6, 6.07) is -3.80. The lowest BCUT2D eigenvalue weighted by atomic mass is 10.1. The molecule has 0 heterocycles. The van der Waals surface area contributed by atoms with E-state index in [4.69, 9.17) is 21.1 Å². The van der Waals surface area contributed by atoms with Gasteiger partial charge in [0.1, 0.15) is 12.1 Å². The molecule has 25 heavy (non-hydrogen) atoms. The van der Waals surface area contributed by atoms with Crippen molar-refractivity contribution in [3.63, 3.8) is 0 Å². The molecule has 8 N–H and O–H groups in total. The number of carboxylic acids is 2. The van der Waals surface area contributed by atoms with Crippen molar-refractivity contribution in [2.45, 2.75) is 37.9 Å². The van der Waals surface area contributed by atoms with Crippen LogP contribution < -0.4 is 21.7 Å². The molecule has 3 atom stereocenters. The van der Waals surface area contributed by atoms with Gasteiger partial charge in [0.05, 0.1) is 19.2 Å². The van der Waals surface area contributed by atoms with Crippen LogP contribution in [0.2, 0.25) is 0 Å². The van der Waals surface area contributed by atoms with E-state index >= 15 is 0 Å². The maximum Gasteiger partial charge on any atom is 0.326 e. The van der Waals surface area contributed by atoms with Crippen LogP contribution in [0.15, 0.2) is 0 Å². The predicted octanol–water partition coefficient (Wildman–Crippen LogP) is -3.64. The van der Waals surface area contributed by atoms with Gasteiger partial charge in [0.15, 0.2) is 0 Å². The second-order valence-corrected chi connectivity index (χ2v) is 5.14. The monoisotopic (exact) mass is 362 g/mol. The Morgan fingerprint density at radius 2 is 1.60 bits per heavy atom. The summed E-state index contributed by atoms with van der Waals surface area (Å²) in [5.74, 6) is -5.10. The zero-order valence-corrected chi connectivity index (χ0v) is 13.5. The summed E-state index contributed by atoms with van der Waals surface area (Å²) in [7, 11) is 0. The number of rotatable bonds is 11. The van der Waals surface area contributed by atoms with E-state index in [1.54, 1.807) is 0 Å². The van der Waals surface area contributed by atoms with Crippen LogP contribution >= 0.6 is 0 Å². The summed E-state index contributed by atoms with van der Waals surface area (Å²) >= 11 is 0. The van der Waals surface area contributed by atoms with Crippen LogP contribution in [0.3, 0.4) is 0 Å². The van der Waals surface area contributed by atoms with E-state index in [0.29, 0.717) is 0 Å². The minimum Gasteiger partial charge on any atom is -0.481 e. The highest BCUT2D eigenvalue weighted by Crippen LogP contribution is 1.99. The molecular formula is C13H22N4O8. The van der Waals surface area contributed by atoms with E-state index in [2.05, 4.69) is 10.6 Å². The maximum atomic E-state index is 11.9. The van der Waals surface area contributed by atoms with Crippen molar-refractivity contribution in [1.29, 1.82) is 0 Å². The number of aliphatic hydroxyl groups is 1. The second-order valence-electron chi connectivity index (χ2n) is 5.14. The first-order chi connectivity index (χ1) is 11.6. The third-order valence-electron chi connectivity index (χ3n) is 2.93. The lowest BCUT2D eigenvalue weighted by molar-refractivity contribution is -0.143. The number of hydrogen-bond donors (Lipinski definition) is 7. The Labute approximate surface area is 142 Å². The molecule has 142 valence electrons. The molecule has 0 aromatic rings. The van der Waals surface area contributed by atoms with Gasteiger partial charge in [-0.1, -0.05) is 0 Å². The Balaban J connectivity index is 4.62. The van der Waals surface area contributed by atoms with Gasteiger partial charge in [-0.3, -0.25) is 19.2 Å². The fraction of sp³-hybridized carbons (Fsp3) is 0.615. The molecule has 0 bridgehead atoms. The van der Waals surface area contributed by atoms with Gasteiger partial charge in [0.25, 0.3) is 0 Å². The van der Waals surface area contributed by atoms with Crippen molar-refractivity contribution in [2.24, 2.45) is 5.73 Å². The van der Waals surface area contributed by atoms with Crippen molar-refractivity contribution >= 4 is 29.7 Å². The van der Waals surface area contributed by atoms with Crippen molar-refractivity contribution in [2.75, 3.05) is 13.2 Å². The number of aliphatic carboxylic acids is 2. The molecule has 0 rings (SSSR count). The minimum atomic E-state index is -1.49. The van der Waals surface area contributed by atoms with E-state index in [1.165, 1.54) is 6.92 Å². The number of hydrogen-bond acceptors (Lipinski definition) is 7. The number of nitrogens with two attached hydrogens (primary N) is 1. The molecule has 0 spiro atoms. The topological polar surface area (TPSA) is 208 Å². The van der Waals surface area contributed by atoms with Crippen LogP contribution in [-0.4, -0.2) is 76.3 Å². The summed E-state index contributed by atoms with van der Waals surface area (Å²) in [4.78, 5) is 56.2. The Kier molecular flexibility index (Phi) is 9.74. The van der Waals surface area contributed by atoms with Crippen molar-refractivity contribution in [3.05, 3.63) is 0 Å². The average Bonchev–Trinajstić information content (AvgIpc) is 2.53. The van der Waals surface area contributed by atoms with Crippen LogP contribution in [-0.2, 0) is 24.0 Å². The van der Waals surface area contributed by atoms with Crippen LogP contribution in [0, 0.1) is 0 Å². The molecule has 0 aliphatic rings. The number of carbonyl (C=O) groups is 5.